The van der Waals surface area contributed by atoms with Gasteiger partial charge in [-0.2, -0.15) is 0 Å². The Labute approximate surface area is 116 Å². The second-order valence-electron chi connectivity index (χ2n) is 5.66. The number of carbonyl (C=O) groups is 2. The predicted molar refractivity (Wildman–Crippen MR) is 66.4 cm³/mol. The van der Waals surface area contributed by atoms with Gasteiger partial charge >= 0.3 is 5.97 Å². The number of ether oxygens (including phenoxy) is 3. The molecule has 2 bridgehead atoms. The van der Waals surface area contributed by atoms with Gasteiger partial charge in [-0.15, -0.1) is 0 Å². The van der Waals surface area contributed by atoms with Gasteiger partial charge in [0.25, 0.3) is 0 Å². The van der Waals surface area contributed by atoms with Crippen LogP contribution in [0.3, 0.4) is 0 Å². The highest BCUT2D eigenvalue weighted by Gasteiger charge is 2.72. The first-order chi connectivity index (χ1) is 9.69. The van der Waals surface area contributed by atoms with Crippen LogP contribution >= 0.6 is 0 Å². The topological polar surface area (TPSA) is 65.1 Å². The molecule has 0 aromatic carbocycles. The second-order valence-corrected chi connectivity index (χ2v) is 5.66. The molecular weight excluding hydrogens is 262 g/mol. The number of esters is 1. The summed E-state index contributed by atoms with van der Waals surface area (Å²) < 4.78 is 16.9. The van der Waals surface area contributed by atoms with E-state index in [9.17, 15) is 9.59 Å². The Balaban J connectivity index is 1.73. The van der Waals surface area contributed by atoms with Crippen LogP contribution in [0.2, 0.25) is 0 Å². The lowest BCUT2D eigenvalue weighted by Crippen LogP contribution is -2.49. The van der Waals surface area contributed by atoms with Crippen molar-refractivity contribution in [3.63, 3.8) is 0 Å². The van der Waals surface area contributed by atoms with Gasteiger partial charge in [-0.1, -0.05) is 6.08 Å². The smallest absolute Gasteiger partial charge is 0.312 e. The molecule has 0 aromatic rings. The fraction of sp³-hybridized carbons (Fsp3) is 0.714. The van der Waals surface area contributed by atoms with Crippen molar-refractivity contribution < 1.29 is 23.8 Å². The van der Waals surface area contributed by atoms with Gasteiger partial charge in [0.15, 0.2) is 6.23 Å². The van der Waals surface area contributed by atoms with Crippen LogP contribution in [0.5, 0.6) is 0 Å². The molecule has 4 aliphatic heterocycles. The van der Waals surface area contributed by atoms with Gasteiger partial charge in [0.1, 0.15) is 11.5 Å². The fourth-order valence-corrected chi connectivity index (χ4v) is 3.96. The van der Waals surface area contributed by atoms with Crippen molar-refractivity contribution in [2.45, 2.75) is 31.3 Å². The summed E-state index contributed by atoms with van der Waals surface area (Å²) >= 11 is 0. The minimum absolute atomic E-state index is 0.0420. The van der Waals surface area contributed by atoms with Crippen molar-refractivity contribution in [1.82, 2.24) is 4.90 Å². The van der Waals surface area contributed by atoms with Crippen LogP contribution in [0.4, 0.5) is 0 Å². The summed E-state index contributed by atoms with van der Waals surface area (Å²) in [6, 6.07) is 0. The highest BCUT2D eigenvalue weighted by atomic mass is 16.6. The monoisotopic (exact) mass is 279 g/mol. The molecule has 0 aromatic heterocycles. The summed E-state index contributed by atoms with van der Waals surface area (Å²) in [4.78, 5) is 26.5. The Hall–Kier alpha value is -1.40. The Morgan fingerprint density at radius 1 is 1.60 bits per heavy atom. The van der Waals surface area contributed by atoms with Crippen molar-refractivity contribution in [2.24, 2.45) is 11.8 Å². The third-order valence-corrected chi connectivity index (χ3v) is 4.68. The fourth-order valence-electron chi connectivity index (χ4n) is 3.96. The maximum Gasteiger partial charge on any atom is 0.312 e. The third-order valence-electron chi connectivity index (χ3n) is 4.68. The van der Waals surface area contributed by atoms with Gasteiger partial charge in [0.2, 0.25) is 5.91 Å². The minimum Gasteiger partial charge on any atom is -0.466 e. The molecule has 6 heteroatoms. The maximum atomic E-state index is 12.6. The minimum atomic E-state index is -0.792. The number of hydrogen-bond donors (Lipinski definition) is 0. The second kappa shape index (κ2) is 4.05. The van der Waals surface area contributed by atoms with E-state index in [1.165, 1.54) is 0 Å². The van der Waals surface area contributed by atoms with Crippen LogP contribution in [0.25, 0.3) is 0 Å². The van der Waals surface area contributed by atoms with Crippen molar-refractivity contribution in [3.05, 3.63) is 12.2 Å². The highest BCUT2D eigenvalue weighted by molar-refractivity contribution is 5.91. The van der Waals surface area contributed by atoms with E-state index in [1.807, 2.05) is 12.2 Å². The molecule has 4 heterocycles. The summed E-state index contributed by atoms with van der Waals surface area (Å²) in [5.74, 6) is -1.43. The third kappa shape index (κ3) is 1.31. The molecule has 6 nitrogen and oxygen atoms in total. The van der Waals surface area contributed by atoms with Gasteiger partial charge in [0.05, 0.1) is 25.2 Å². The average Bonchev–Trinajstić information content (AvgIpc) is 3.09. The summed E-state index contributed by atoms with van der Waals surface area (Å²) in [6.45, 7) is 3.36. The molecule has 3 fully saturated rings. The molecule has 1 spiro atoms. The first-order valence-electron chi connectivity index (χ1n) is 7.15. The molecular formula is C14H17NO5. The van der Waals surface area contributed by atoms with Gasteiger partial charge in [0, 0.05) is 6.54 Å². The lowest BCUT2D eigenvalue weighted by molar-refractivity contribution is -0.168. The lowest BCUT2D eigenvalue weighted by atomic mass is 9.76. The van der Waals surface area contributed by atoms with Crippen LogP contribution in [0.15, 0.2) is 12.2 Å². The maximum absolute atomic E-state index is 12.6. The SMILES string of the molecule is CCOC(=O)C1C2C=CC3(O2)C1C(=O)N1CCCOC13. The first kappa shape index (κ1) is 12.3. The van der Waals surface area contributed by atoms with E-state index in [4.69, 9.17) is 14.2 Å². The van der Waals surface area contributed by atoms with E-state index in [-0.39, 0.29) is 18.0 Å². The highest BCUT2D eigenvalue weighted by Crippen LogP contribution is 2.55. The molecule has 4 aliphatic rings. The van der Waals surface area contributed by atoms with Crippen LogP contribution in [0.1, 0.15) is 13.3 Å². The average molecular weight is 279 g/mol. The Kier molecular flexibility index (Phi) is 2.50. The van der Waals surface area contributed by atoms with E-state index in [2.05, 4.69) is 0 Å². The van der Waals surface area contributed by atoms with E-state index in [0.717, 1.165) is 6.42 Å². The van der Waals surface area contributed by atoms with Crippen molar-refractivity contribution in [2.75, 3.05) is 19.8 Å². The van der Waals surface area contributed by atoms with Crippen LogP contribution in [-0.4, -0.2) is 54.5 Å². The van der Waals surface area contributed by atoms with E-state index in [1.54, 1.807) is 11.8 Å². The number of nitrogens with zero attached hydrogens (tertiary/aromatic N) is 1. The zero-order valence-electron chi connectivity index (χ0n) is 11.3. The van der Waals surface area contributed by atoms with Crippen LogP contribution in [0, 0.1) is 11.8 Å². The molecule has 108 valence electrons. The summed E-state index contributed by atoms with van der Waals surface area (Å²) in [6.07, 6.45) is 3.84. The first-order valence-corrected chi connectivity index (χ1v) is 7.15. The molecule has 20 heavy (non-hydrogen) atoms. The molecule has 0 N–H and O–H groups in total. The van der Waals surface area contributed by atoms with Crippen LogP contribution < -0.4 is 0 Å². The summed E-state index contributed by atoms with van der Waals surface area (Å²) in [7, 11) is 0. The molecule has 5 atom stereocenters. The van der Waals surface area contributed by atoms with Crippen molar-refractivity contribution >= 4 is 11.9 Å². The molecule has 0 radical (unpaired) electrons. The quantitative estimate of drug-likeness (QED) is 0.529. The normalized spacial score (nSPS) is 44.6. The zero-order valence-corrected chi connectivity index (χ0v) is 11.3. The number of amides is 1. The molecule has 3 saturated heterocycles. The molecule has 5 unspecified atom stereocenters. The molecule has 0 saturated carbocycles. The zero-order chi connectivity index (χ0) is 13.9. The Bertz CT molecular complexity index is 504. The standard InChI is InChI=1S/C14H17NO5/c1-2-18-12(17)9-8-4-5-14(20-8)10(9)11(16)15-6-3-7-19-13(14)15/h4-5,8-10,13H,2-3,6-7H2,1H3. The molecule has 1 amide bonds. The van der Waals surface area contributed by atoms with Crippen molar-refractivity contribution in [1.29, 1.82) is 0 Å². The lowest BCUT2D eigenvalue weighted by Gasteiger charge is -2.36. The van der Waals surface area contributed by atoms with Gasteiger partial charge in [-0.05, 0) is 19.4 Å². The summed E-state index contributed by atoms with van der Waals surface area (Å²) in [5, 5.41) is 0. The Morgan fingerprint density at radius 3 is 3.25 bits per heavy atom. The van der Waals surface area contributed by atoms with Gasteiger partial charge in [-0.3, -0.25) is 9.59 Å². The van der Waals surface area contributed by atoms with Gasteiger partial charge < -0.3 is 19.1 Å². The van der Waals surface area contributed by atoms with E-state index < -0.39 is 23.7 Å². The summed E-state index contributed by atoms with van der Waals surface area (Å²) in [5.41, 5.74) is -0.792. The number of fused-ring (bicyclic) bond motifs is 2. The van der Waals surface area contributed by atoms with Crippen molar-refractivity contribution in [3.8, 4) is 0 Å². The van der Waals surface area contributed by atoms with Crippen LogP contribution in [-0.2, 0) is 23.8 Å². The number of hydrogen-bond acceptors (Lipinski definition) is 5. The van der Waals surface area contributed by atoms with Gasteiger partial charge in [-0.25, -0.2) is 0 Å². The molecule has 0 aliphatic carbocycles. The number of carbonyl (C=O) groups excluding carboxylic acids is 2. The van der Waals surface area contributed by atoms with E-state index >= 15 is 0 Å². The molecule has 4 rings (SSSR count). The predicted octanol–water partition coefficient (Wildman–Crippen LogP) is 0.0779. The largest absolute Gasteiger partial charge is 0.466 e. The van der Waals surface area contributed by atoms with E-state index in [0.29, 0.717) is 19.8 Å². The Morgan fingerprint density at radius 2 is 2.45 bits per heavy atom. The number of rotatable bonds is 2.